The summed E-state index contributed by atoms with van der Waals surface area (Å²) in [5, 5.41) is 5.84. The summed E-state index contributed by atoms with van der Waals surface area (Å²) in [6, 6.07) is 9.22. The van der Waals surface area contributed by atoms with Crippen LogP contribution in [0.5, 0.6) is 0 Å². The zero-order valence-corrected chi connectivity index (χ0v) is 16.5. The van der Waals surface area contributed by atoms with Crippen molar-refractivity contribution in [3.05, 3.63) is 64.7 Å². The molecule has 2 aromatic heterocycles. The average molecular weight is 415 g/mol. The number of hydrogen-bond acceptors (Lipinski definition) is 4. The normalized spacial score (nSPS) is 10.5. The largest absolute Gasteiger partial charge is 0.337 e. The van der Waals surface area contributed by atoms with Gasteiger partial charge in [-0.2, -0.15) is 0 Å². The molecule has 0 spiro atoms. The number of nitrogens with zero attached hydrogens (tertiary/aromatic N) is 3. The van der Waals surface area contributed by atoms with Crippen LogP contribution in [-0.2, 0) is 13.0 Å². The third kappa shape index (κ3) is 6.40. The zero-order valence-electron chi connectivity index (χ0n) is 15.7. The van der Waals surface area contributed by atoms with Crippen molar-refractivity contribution in [2.75, 3.05) is 11.9 Å². The van der Waals surface area contributed by atoms with Crippen molar-refractivity contribution in [3.8, 4) is 11.8 Å². The second kappa shape index (κ2) is 9.80. The van der Waals surface area contributed by atoms with Gasteiger partial charge in [0.1, 0.15) is 4.88 Å². The predicted molar refractivity (Wildman–Crippen MR) is 108 cm³/mol. The molecule has 0 atom stereocenters. The van der Waals surface area contributed by atoms with Gasteiger partial charge in [-0.3, -0.25) is 5.32 Å². The van der Waals surface area contributed by atoms with Crippen molar-refractivity contribution in [2.24, 2.45) is 0 Å². The van der Waals surface area contributed by atoms with Crippen molar-refractivity contribution in [1.82, 2.24) is 19.9 Å². The average Bonchev–Trinajstić information content (AvgIpc) is 3.26. The molecule has 0 aliphatic carbocycles. The third-order valence-electron chi connectivity index (χ3n) is 3.81. The molecule has 2 amide bonds. The van der Waals surface area contributed by atoms with Crippen LogP contribution in [0, 0.1) is 18.8 Å². The number of aromatic nitrogens is 3. The van der Waals surface area contributed by atoms with Crippen LogP contribution < -0.4 is 10.6 Å². The number of aryl methyl sites for hydroxylation is 1. The van der Waals surface area contributed by atoms with E-state index < -0.39 is 12.5 Å². The van der Waals surface area contributed by atoms with Crippen LogP contribution in [0.1, 0.15) is 21.8 Å². The highest BCUT2D eigenvalue weighted by atomic mass is 32.1. The number of benzene rings is 1. The summed E-state index contributed by atoms with van der Waals surface area (Å²) in [6.07, 6.45) is 0.921. The molecule has 0 saturated heterocycles. The molecule has 9 heteroatoms. The summed E-state index contributed by atoms with van der Waals surface area (Å²) in [4.78, 5) is 21.2. The summed E-state index contributed by atoms with van der Waals surface area (Å²) < 4.78 is 26.0. The first-order valence-corrected chi connectivity index (χ1v) is 9.69. The first-order valence-electron chi connectivity index (χ1n) is 8.88. The number of amides is 2. The Morgan fingerprint density at radius 3 is 2.83 bits per heavy atom. The lowest BCUT2D eigenvalue weighted by Gasteiger charge is -2.04. The maximum atomic E-state index is 12.3. The lowest BCUT2D eigenvalue weighted by molar-refractivity contribution is 0.126. The number of anilines is 1. The van der Waals surface area contributed by atoms with Gasteiger partial charge in [0.25, 0.3) is 6.43 Å². The van der Waals surface area contributed by atoms with Crippen molar-refractivity contribution in [1.29, 1.82) is 0 Å². The number of urea groups is 1. The molecule has 2 heterocycles. The molecular formula is C20H19F2N5OS. The Morgan fingerprint density at radius 1 is 1.28 bits per heavy atom. The van der Waals surface area contributed by atoms with Crippen LogP contribution in [0.25, 0.3) is 0 Å². The summed E-state index contributed by atoms with van der Waals surface area (Å²) in [5.41, 5.74) is 2.29. The highest BCUT2D eigenvalue weighted by molar-refractivity contribution is 7.16. The maximum Gasteiger partial charge on any atom is 0.321 e. The molecule has 0 aliphatic heterocycles. The fourth-order valence-corrected chi connectivity index (χ4v) is 3.27. The quantitative estimate of drug-likeness (QED) is 0.604. The minimum atomic E-state index is -2.43. The molecule has 3 aromatic rings. The smallest absolute Gasteiger partial charge is 0.321 e. The Kier molecular flexibility index (Phi) is 6.92. The van der Waals surface area contributed by atoms with Crippen LogP contribution >= 0.6 is 11.3 Å². The number of rotatable bonds is 6. The number of nitrogens with one attached hydrogen (secondary N) is 2. The Labute approximate surface area is 171 Å². The number of thiazole rings is 1. The van der Waals surface area contributed by atoms with Gasteiger partial charge < -0.3 is 9.88 Å². The van der Waals surface area contributed by atoms with E-state index in [-0.39, 0.29) is 6.54 Å². The minimum Gasteiger partial charge on any atom is -0.337 e. The Balaban J connectivity index is 1.48. The number of imidazole rings is 1. The topological polar surface area (TPSA) is 71.8 Å². The third-order valence-corrected chi connectivity index (χ3v) is 4.80. The fourth-order valence-electron chi connectivity index (χ4n) is 2.46. The molecule has 1 aromatic carbocycles. The molecular weight excluding hydrogens is 396 g/mol. The molecule has 2 N–H and O–H groups in total. The molecule has 0 saturated carbocycles. The summed E-state index contributed by atoms with van der Waals surface area (Å²) >= 11 is 1.30. The van der Waals surface area contributed by atoms with Gasteiger partial charge in [-0.05, 0) is 25.0 Å². The van der Waals surface area contributed by atoms with Gasteiger partial charge in [0.05, 0.1) is 24.3 Å². The number of carbonyl (C=O) groups is 1. The van der Waals surface area contributed by atoms with E-state index in [1.165, 1.54) is 22.2 Å². The van der Waals surface area contributed by atoms with E-state index in [2.05, 4.69) is 32.4 Å². The van der Waals surface area contributed by atoms with Gasteiger partial charge in [-0.1, -0.05) is 35.5 Å². The van der Waals surface area contributed by atoms with E-state index in [4.69, 9.17) is 0 Å². The van der Waals surface area contributed by atoms with E-state index in [0.717, 1.165) is 16.1 Å². The monoisotopic (exact) mass is 415 g/mol. The van der Waals surface area contributed by atoms with Crippen LogP contribution in [-0.4, -0.2) is 33.5 Å². The van der Waals surface area contributed by atoms with E-state index >= 15 is 0 Å². The van der Waals surface area contributed by atoms with Gasteiger partial charge in [0.15, 0.2) is 5.13 Å². The Bertz CT molecular complexity index is 1020. The maximum absolute atomic E-state index is 12.3. The van der Waals surface area contributed by atoms with Crippen molar-refractivity contribution >= 4 is 22.5 Å². The van der Waals surface area contributed by atoms with E-state index in [1.807, 2.05) is 37.3 Å². The molecule has 6 nitrogen and oxygen atoms in total. The fraction of sp³-hybridized carbons (Fsp3) is 0.250. The number of alkyl halides is 2. The molecule has 3 rings (SSSR count). The molecule has 0 radical (unpaired) electrons. The second-order valence-corrected chi connectivity index (χ2v) is 7.13. The van der Waals surface area contributed by atoms with Crippen LogP contribution in [0.3, 0.4) is 0 Å². The van der Waals surface area contributed by atoms with Crippen LogP contribution in [0.15, 0.2) is 42.9 Å². The first kappa shape index (κ1) is 20.5. The Morgan fingerprint density at radius 2 is 2.07 bits per heavy atom. The Hall–Kier alpha value is -3.25. The standard InChI is InChI=1S/C20H19F2N5OS/c1-14-17(8-7-15-5-3-2-4-6-15)29-20(25-14)26-19(28)23-10-9-16-11-27(13-24-16)12-18(21)22/h2-6,11,13,18H,9-10,12H2,1H3,(H2,23,25,26,28). The van der Waals surface area contributed by atoms with Gasteiger partial charge in [-0.15, -0.1) is 0 Å². The first-order chi connectivity index (χ1) is 14.0. The van der Waals surface area contributed by atoms with Gasteiger partial charge >= 0.3 is 6.03 Å². The number of hydrogen-bond donors (Lipinski definition) is 2. The van der Waals surface area contributed by atoms with Crippen molar-refractivity contribution < 1.29 is 13.6 Å². The molecule has 0 fully saturated rings. The highest BCUT2D eigenvalue weighted by Gasteiger charge is 2.10. The molecule has 150 valence electrons. The second-order valence-electron chi connectivity index (χ2n) is 6.13. The molecule has 0 bridgehead atoms. The summed E-state index contributed by atoms with van der Waals surface area (Å²) in [7, 11) is 0. The van der Waals surface area contributed by atoms with E-state index in [9.17, 15) is 13.6 Å². The van der Waals surface area contributed by atoms with Crippen LogP contribution in [0.4, 0.5) is 18.7 Å². The summed E-state index contributed by atoms with van der Waals surface area (Å²) in [6.45, 7) is 1.77. The predicted octanol–water partition coefficient (Wildman–Crippen LogP) is 3.68. The van der Waals surface area contributed by atoms with E-state index in [0.29, 0.717) is 23.8 Å². The lowest BCUT2D eigenvalue weighted by atomic mass is 10.2. The SMILES string of the molecule is Cc1nc(NC(=O)NCCc2cn(CC(F)F)cn2)sc1C#Cc1ccccc1. The van der Waals surface area contributed by atoms with Crippen molar-refractivity contribution in [3.63, 3.8) is 0 Å². The van der Waals surface area contributed by atoms with Crippen LogP contribution in [0.2, 0.25) is 0 Å². The number of halogens is 2. The lowest BCUT2D eigenvalue weighted by Crippen LogP contribution is -2.30. The molecule has 0 unspecified atom stereocenters. The van der Waals surface area contributed by atoms with E-state index in [1.54, 1.807) is 6.20 Å². The minimum absolute atomic E-state index is 0.322. The zero-order chi connectivity index (χ0) is 20.6. The molecule has 0 aliphatic rings. The summed E-state index contributed by atoms with van der Waals surface area (Å²) in [5.74, 6) is 6.14. The van der Waals surface area contributed by atoms with Gasteiger partial charge in [0.2, 0.25) is 0 Å². The van der Waals surface area contributed by atoms with Gasteiger partial charge in [0, 0.05) is 24.7 Å². The van der Waals surface area contributed by atoms with Crippen molar-refractivity contribution in [2.45, 2.75) is 26.3 Å². The number of carbonyl (C=O) groups excluding carboxylic acids is 1. The molecule has 29 heavy (non-hydrogen) atoms. The van der Waals surface area contributed by atoms with Gasteiger partial charge in [-0.25, -0.2) is 23.5 Å². The highest BCUT2D eigenvalue weighted by Crippen LogP contribution is 2.21.